The van der Waals surface area contributed by atoms with Crippen molar-refractivity contribution in [3.63, 3.8) is 0 Å². The lowest BCUT2D eigenvalue weighted by atomic mass is 9.96. The van der Waals surface area contributed by atoms with Crippen LogP contribution in [0.2, 0.25) is 5.02 Å². The molecule has 3 aromatic rings. The molecule has 0 aliphatic carbocycles. The van der Waals surface area contributed by atoms with Crippen LogP contribution in [-0.4, -0.2) is 54.6 Å². The molecule has 0 atom stereocenters. The molecule has 0 N–H and O–H groups in total. The molecule has 0 radical (unpaired) electrons. The van der Waals surface area contributed by atoms with Gasteiger partial charge in [-0.1, -0.05) is 41.9 Å². The van der Waals surface area contributed by atoms with Gasteiger partial charge in [0.05, 0.1) is 5.69 Å². The summed E-state index contributed by atoms with van der Waals surface area (Å²) in [6.45, 7) is 7.46. The van der Waals surface area contributed by atoms with Gasteiger partial charge in [0.2, 0.25) is 0 Å². The number of piperazine rings is 1. The van der Waals surface area contributed by atoms with Gasteiger partial charge in [0.15, 0.2) is 0 Å². The van der Waals surface area contributed by atoms with E-state index in [1.54, 1.807) is 0 Å². The van der Waals surface area contributed by atoms with Gasteiger partial charge < -0.3 is 9.80 Å². The smallest absolute Gasteiger partial charge is 0.0544 e. The van der Waals surface area contributed by atoms with Gasteiger partial charge in [-0.3, -0.25) is 9.88 Å². The highest BCUT2D eigenvalue weighted by Crippen LogP contribution is 2.30. The predicted molar refractivity (Wildman–Crippen MR) is 129 cm³/mol. The van der Waals surface area contributed by atoms with E-state index in [4.69, 9.17) is 16.6 Å². The second-order valence-electron chi connectivity index (χ2n) is 8.71. The van der Waals surface area contributed by atoms with E-state index in [-0.39, 0.29) is 0 Å². The molecular weight excluding hydrogens is 404 g/mol. The molecule has 0 saturated carbocycles. The topological polar surface area (TPSA) is 22.6 Å². The summed E-state index contributed by atoms with van der Waals surface area (Å²) in [5.74, 6) is 0. The van der Waals surface area contributed by atoms with Crippen molar-refractivity contribution >= 4 is 17.3 Å². The van der Waals surface area contributed by atoms with Gasteiger partial charge in [0.1, 0.15) is 0 Å². The van der Waals surface area contributed by atoms with Crippen molar-refractivity contribution in [3.05, 3.63) is 82.6 Å². The van der Waals surface area contributed by atoms with E-state index in [0.29, 0.717) is 0 Å². The highest BCUT2D eigenvalue weighted by atomic mass is 35.5. The number of likely N-dealkylation sites (N-methyl/N-ethyl adjacent to an activating group) is 1. The zero-order valence-electron chi connectivity index (χ0n) is 18.1. The van der Waals surface area contributed by atoms with Crippen molar-refractivity contribution in [1.29, 1.82) is 0 Å². The summed E-state index contributed by atoms with van der Waals surface area (Å²) < 4.78 is 0. The molecule has 1 fully saturated rings. The molecule has 5 heteroatoms. The van der Waals surface area contributed by atoms with Crippen molar-refractivity contribution in [2.75, 3.05) is 44.7 Å². The van der Waals surface area contributed by atoms with Crippen molar-refractivity contribution in [1.82, 2.24) is 14.8 Å². The SMILES string of the molecule is CN1CCN(c2cccc3c2CN(Cc2ccc(-c4ccc(Cl)cc4)cn2)CC3)CC1. The Hall–Kier alpha value is -2.40. The van der Waals surface area contributed by atoms with E-state index in [9.17, 15) is 0 Å². The van der Waals surface area contributed by atoms with Gasteiger partial charge in [0, 0.05) is 68.3 Å². The van der Waals surface area contributed by atoms with E-state index in [2.05, 4.69) is 52.1 Å². The van der Waals surface area contributed by atoms with Crippen molar-refractivity contribution in [2.45, 2.75) is 19.5 Å². The monoisotopic (exact) mass is 432 g/mol. The quantitative estimate of drug-likeness (QED) is 0.595. The first-order chi connectivity index (χ1) is 15.2. The van der Waals surface area contributed by atoms with E-state index in [0.717, 1.165) is 74.1 Å². The maximum atomic E-state index is 6.01. The van der Waals surface area contributed by atoms with Gasteiger partial charge in [-0.2, -0.15) is 0 Å². The summed E-state index contributed by atoms with van der Waals surface area (Å²) in [6, 6.07) is 19.1. The molecule has 160 valence electrons. The standard InChI is InChI=1S/C26H29ClN4/c1-29-13-15-31(16-14-29)26-4-2-3-21-11-12-30(19-25(21)26)18-24-10-7-22(17-28-24)20-5-8-23(27)9-6-20/h2-10,17H,11-16,18-19H2,1H3. The summed E-state index contributed by atoms with van der Waals surface area (Å²) >= 11 is 6.01. The van der Waals surface area contributed by atoms with Crippen LogP contribution in [0, 0.1) is 0 Å². The van der Waals surface area contributed by atoms with Crippen LogP contribution in [0.5, 0.6) is 0 Å². The molecule has 31 heavy (non-hydrogen) atoms. The Labute approximate surface area is 190 Å². The Bertz CT molecular complexity index is 1020. The molecule has 0 unspecified atom stereocenters. The zero-order chi connectivity index (χ0) is 21.2. The van der Waals surface area contributed by atoms with Gasteiger partial charge in [-0.05, 0) is 54.4 Å². The van der Waals surface area contributed by atoms with Crippen LogP contribution in [0.3, 0.4) is 0 Å². The Morgan fingerprint density at radius 2 is 1.65 bits per heavy atom. The van der Waals surface area contributed by atoms with Gasteiger partial charge >= 0.3 is 0 Å². The van der Waals surface area contributed by atoms with Crippen LogP contribution < -0.4 is 4.90 Å². The average molecular weight is 433 g/mol. The molecule has 0 amide bonds. The number of halogens is 1. The molecule has 0 spiro atoms. The summed E-state index contributed by atoms with van der Waals surface area (Å²) in [5, 5.41) is 0.759. The van der Waals surface area contributed by atoms with Crippen LogP contribution >= 0.6 is 11.6 Å². The maximum Gasteiger partial charge on any atom is 0.0544 e. The number of benzene rings is 2. The summed E-state index contributed by atoms with van der Waals surface area (Å²) in [6.07, 6.45) is 3.09. The first-order valence-electron chi connectivity index (χ1n) is 11.1. The summed E-state index contributed by atoms with van der Waals surface area (Å²) in [5.41, 5.74) is 7.85. The van der Waals surface area contributed by atoms with Crippen LogP contribution in [0.4, 0.5) is 5.69 Å². The molecule has 3 heterocycles. The number of hydrogen-bond acceptors (Lipinski definition) is 4. The number of hydrogen-bond donors (Lipinski definition) is 0. The molecule has 5 rings (SSSR count). The van der Waals surface area contributed by atoms with E-state index < -0.39 is 0 Å². The van der Waals surface area contributed by atoms with E-state index in [1.165, 1.54) is 16.8 Å². The van der Waals surface area contributed by atoms with Crippen molar-refractivity contribution in [3.8, 4) is 11.1 Å². The Morgan fingerprint density at radius 3 is 2.39 bits per heavy atom. The van der Waals surface area contributed by atoms with Crippen LogP contribution in [0.25, 0.3) is 11.1 Å². The number of rotatable bonds is 4. The third-order valence-corrected chi connectivity index (χ3v) is 6.81. The third kappa shape index (κ3) is 4.62. The Balaban J connectivity index is 1.29. The number of fused-ring (bicyclic) bond motifs is 1. The molecule has 1 saturated heterocycles. The molecule has 0 bridgehead atoms. The fourth-order valence-corrected chi connectivity index (χ4v) is 4.78. The second-order valence-corrected chi connectivity index (χ2v) is 9.15. The van der Waals surface area contributed by atoms with Gasteiger partial charge in [-0.25, -0.2) is 0 Å². The fraction of sp³-hybridized carbons (Fsp3) is 0.346. The van der Waals surface area contributed by atoms with Crippen molar-refractivity contribution in [2.24, 2.45) is 0 Å². The fourth-order valence-electron chi connectivity index (χ4n) is 4.66. The highest BCUT2D eigenvalue weighted by Gasteiger charge is 2.23. The normalized spacial score (nSPS) is 17.5. The van der Waals surface area contributed by atoms with Gasteiger partial charge in [-0.15, -0.1) is 0 Å². The number of anilines is 1. The first-order valence-corrected chi connectivity index (χ1v) is 11.5. The molecule has 4 nitrogen and oxygen atoms in total. The van der Waals surface area contributed by atoms with Crippen molar-refractivity contribution < 1.29 is 0 Å². The molecule has 2 aliphatic rings. The minimum Gasteiger partial charge on any atom is -0.369 e. The van der Waals surface area contributed by atoms with Gasteiger partial charge in [0.25, 0.3) is 0 Å². The largest absolute Gasteiger partial charge is 0.369 e. The summed E-state index contributed by atoms with van der Waals surface area (Å²) in [7, 11) is 2.21. The Kier molecular flexibility index (Phi) is 5.95. The van der Waals surface area contributed by atoms with Crippen LogP contribution in [0.1, 0.15) is 16.8 Å². The van der Waals surface area contributed by atoms with Crippen LogP contribution in [-0.2, 0) is 19.5 Å². The lowest BCUT2D eigenvalue weighted by molar-refractivity contribution is 0.242. The maximum absolute atomic E-state index is 6.01. The number of aromatic nitrogens is 1. The number of pyridine rings is 1. The third-order valence-electron chi connectivity index (χ3n) is 6.56. The molecule has 2 aliphatic heterocycles. The predicted octanol–water partition coefficient (Wildman–Crippen LogP) is 4.71. The van der Waals surface area contributed by atoms with Crippen LogP contribution in [0.15, 0.2) is 60.8 Å². The zero-order valence-corrected chi connectivity index (χ0v) is 18.9. The van der Waals surface area contributed by atoms with E-state index in [1.807, 2.05) is 30.5 Å². The second kappa shape index (κ2) is 8.99. The van der Waals surface area contributed by atoms with E-state index >= 15 is 0 Å². The number of nitrogens with zero attached hydrogens (tertiary/aromatic N) is 4. The Morgan fingerprint density at radius 1 is 0.871 bits per heavy atom. The average Bonchev–Trinajstić information content (AvgIpc) is 2.80. The minimum atomic E-state index is 0.759. The lowest BCUT2D eigenvalue weighted by Gasteiger charge is -2.38. The highest BCUT2D eigenvalue weighted by molar-refractivity contribution is 6.30. The minimum absolute atomic E-state index is 0.759. The molecule has 1 aromatic heterocycles. The molecule has 2 aromatic carbocycles. The first kappa shape index (κ1) is 20.5. The molecular formula is C26H29ClN4. The lowest BCUT2D eigenvalue weighted by Crippen LogP contribution is -2.45. The summed E-state index contributed by atoms with van der Waals surface area (Å²) in [4.78, 5) is 12.3.